The number of carbonyl (C=O) groups is 2. The van der Waals surface area contributed by atoms with E-state index in [0.717, 1.165) is 60.3 Å². The molecule has 3 aromatic rings. The molecule has 5 fully saturated rings. The molecule has 320 valence electrons. The minimum atomic E-state index is -0.885. The Morgan fingerprint density at radius 3 is 2.39 bits per heavy atom. The maximum Gasteiger partial charge on any atom is 0.251 e. The van der Waals surface area contributed by atoms with E-state index in [9.17, 15) is 19.8 Å². The number of methoxy groups -OCH3 is 1. The number of carbonyl (C=O) groups excluding carboxylic acids is 2. The number of para-hydroxylation sites is 1. The van der Waals surface area contributed by atoms with Gasteiger partial charge in [-0.3, -0.25) is 14.4 Å². The predicted molar refractivity (Wildman–Crippen MR) is 231 cm³/mol. The summed E-state index contributed by atoms with van der Waals surface area (Å²) in [6, 6.07) is 19.8. The van der Waals surface area contributed by atoms with Gasteiger partial charge in [-0.05, 0) is 98.2 Å². The van der Waals surface area contributed by atoms with E-state index in [1.807, 2.05) is 85.7 Å². The van der Waals surface area contributed by atoms with Crippen molar-refractivity contribution in [3.05, 3.63) is 83.4 Å². The molecular formula is C47H66N6O6. The molecule has 3 aromatic carbocycles. The number of ether oxygens (including phenoxy) is 1. The van der Waals surface area contributed by atoms with E-state index < -0.39 is 36.3 Å². The van der Waals surface area contributed by atoms with Gasteiger partial charge >= 0.3 is 0 Å². The highest BCUT2D eigenvalue weighted by molar-refractivity contribution is 5.97. The SMILES string of the molecule is COc1c(CN2O[C@@H](CN)[C@@H]([C@H](C)O)[C@H]2C(=O)N[C@H]2C[C@@H]3C[C@@H]([C@@H]2C)C3(C)C)cccc1-c1cc(C(=O)N[C@H](CN2CCCC2)[C@H](O)c2ccccc2)cc(N(C)C)c1. The van der Waals surface area contributed by atoms with Crippen molar-refractivity contribution in [2.45, 2.75) is 96.4 Å². The van der Waals surface area contributed by atoms with Crippen molar-refractivity contribution in [3.63, 3.8) is 0 Å². The molecule has 10 atom stereocenters. The lowest BCUT2D eigenvalue weighted by Crippen LogP contribution is -2.62. The molecule has 0 aromatic heterocycles. The van der Waals surface area contributed by atoms with Crippen LogP contribution in [0.3, 0.4) is 0 Å². The van der Waals surface area contributed by atoms with Crippen LogP contribution in [0, 0.1) is 29.1 Å². The molecule has 2 bridgehead atoms. The molecule has 2 saturated heterocycles. The van der Waals surface area contributed by atoms with E-state index >= 15 is 0 Å². The molecule has 6 N–H and O–H groups in total. The lowest BCUT2D eigenvalue weighted by Gasteiger charge is -2.62. The number of likely N-dealkylation sites (tertiary alicyclic amines) is 1. The second-order valence-electron chi connectivity index (χ2n) is 18.4. The molecule has 3 aliphatic carbocycles. The van der Waals surface area contributed by atoms with Crippen LogP contribution < -0.4 is 26.0 Å². The van der Waals surface area contributed by atoms with E-state index in [2.05, 4.69) is 36.3 Å². The zero-order valence-electron chi connectivity index (χ0n) is 35.9. The molecule has 2 heterocycles. The first-order valence-corrected chi connectivity index (χ1v) is 21.6. The third-order valence-electron chi connectivity index (χ3n) is 14.2. The van der Waals surface area contributed by atoms with E-state index in [0.29, 0.717) is 35.6 Å². The van der Waals surface area contributed by atoms with Gasteiger partial charge in [-0.25, -0.2) is 0 Å². The first-order valence-electron chi connectivity index (χ1n) is 21.6. The van der Waals surface area contributed by atoms with Crippen LogP contribution in [-0.4, -0.2) is 110 Å². The summed E-state index contributed by atoms with van der Waals surface area (Å²) in [5.74, 6) is 1.09. The summed E-state index contributed by atoms with van der Waals surface area (Å²) in [6.07, 6.45) is 2.08. The van der Waals surface area contributed by atoms with E-state index in [-0.39, 0.29) is 36.4 Å². The van der Waals surface area contributed by atoms with Crippen LogP contribution in [0.4, 0.5) is 5.69 Å². The third-order valence-corrected chi connectivity index (χ3v) is 14.2. The number of anilines is 1. The van der Waals surface area contributed by atoms with Gasteiger partial charge in [-0.2, -0.15) is 5.06 Å². The number of benzene rings is 3. The van der Waals surface area contributed by atoms with Crippen LogP contribution in [0.25, 0.3) is 11.1 Å². The van der Waals surface area contributed by atoms with Crippen LogP contribution in [0.2, 0.25) is 0 Å². The second-order valence-corrected chi connectivity index (χ2v) is 18.4. The van der Waals surface area contributed by atoms with Crippen molar-refractivity contribution < 1.29 is 29.4 Å². The van der Waals surface area contributed by atoms with Gasteiger partial charge in [0.15, 0.2) is 0 Å². The highest BCUT2D eigenvalue weighted by atomic mass is 16.7. The molecule has 0 radical (unpaired) electrons. The smallest absolute Gasteiger partial charge is 0.251 e. The fourth-order valence-electron chi connectivity index (χ4n) is 10.6. The lowest BCUT2D eigenvalue weighted by atomic mass is 9.45. The average Bonchev–Trinajstić information content (AvgIpc) is 3.88. The monoisotopic (exact) mass is 811 g/mol. The first kappa shape index (κ1) is 43.1. The fraction of sp³-hybridized carbons (Fsp3) is 0.574. The van der Waals surface area contributed by atoms with Crippen molar-refractivity contribution in [1.82, 2.24) is 20.6 Å². The summed E-state index contributed by atoms with van der Waals surface area (Å²) in [5.41, 5.74) is 10.8. The lowest BCUT2D eigenvalue weighted by molar-refractivity contribution is -0.175. The van der Waals surface area contributed by atoms with Crippen LogP contribution in [0.15, 0.2) is 66.7 Å². The maximum atomic E-state index is 14.4. The molecule has 12 heteroatoms. The highest BCUT2D eigenvalue weighted by Gasteiger charge is 2.57. The molecule has 3 saturated carbocycles. The van der Waals surface area contributed by atoms with Gasteiger partial charge in [-0.1, -0.05) is 69.3 Å². The first-order chi connectivity index (χ1) is 28.2. The van der Waals surface area contributed by atoms with Gasteiger partial charge in [0.05, 0.1) is 31.9 Å². The Morgan fingerprint density at radius 1 is 1.03 bits per heavy atom. The predicted octanol–water partition coefficient (Wildman–Crippen LogP) is 4.98. The van der Waals surface area contributed by atoms with Gasteiger partial charge < -0.3 is 41.1 Å². The van der Waals surface area contributed by atoms with Gasteiger partial charge in [0.1, 0.15) is 17.9 Å². The maximum absolute atomic E-state index is 14.4. The summed E-state index contributed by atoms with van der Waals surface area (Å²) >= 11 is 0. The fourth-order valence-corrected chi connectivity index (χ4v) is 10.6. The Hall–Kier alpha value is -4.04. The molecule has 2 aliphatic heterocycles. The largest absolute Gasteiger partial charge is 0.496 e. The summed E-state index contributed by atoms with van der Waals surface area (Å²) < 4.78 is 6.15. The number of fused-ring (bicyclic) bond motifs is 2. The average molecular weight is 811 g/mol. The number of hydroxylamine groups is 2. The number of nitrogens with one attached hydrogen (secondary N) is 2. The Labute approximate surface area is 350 Å². The molecule has 5 aliphatic rings. The zero-order valence-corrected chi connectivity index (χ0v) is 35.9. The minimum Gasteiger partial charge on any atom is -0.496 e. The molecule has 59 heavy (non-hydrogen) atoms. The molecule has 0 spiro atoms. The number of rotatable bonds is 15. The normalized spacial score (nSPS) is 28.0. The number of amides is 2. The van der Waals surface area contributed by atoms with E-state index in [1.54, 1.807) is 19.1 Å². The number of aliphatic hydroxyl groups excluding tert-OH is 2. The molecule has 12 nitrogen and oxygen atoms in total. The summed E-state index contributed by atoms with van der Waals surface area (Å²) in [4.78, 5) is 39.3. The standard InChI is InChI=1S/C47H66N6O6/c1-28-37-23-34(47(37,3)4)24-38(28)49-46(57)42-41(29(2)54)40(25-48)59-53(42)26-31-16-13-17-36(44(31)58-7)32-20-33(22-35(21-32)51(5)6)45(56)50-39(27-52-18-11-12-19-52)43(55)30-14-9-8-10-15-30/h8-10,13-17,20-22,28-29,34,37-43,54-55H,11-12,18-19,23-27,48H2,1-7H3,(H,49,57)(H,50,56)/t28-,29-,34-,37-,38-,39+,40-,41+,42-,43+/m0/s1. The third kappa shape index (κ3) is 8.76. The summed E-state index contributed by atoms with van der Waals surface area (Å²) in [7, 11) is 5.49. The van der Waals surface area contributed by atoms with Gasteiger partial charge in [-0.15, -0.1) is 0 Å². The van der Waals surface area contributed by atoms with Crippen molar-refractivity contribution >= 4 is 17.5 Å². The van der Waals surface area contributed by atoms with Gasteiger partial charge in [0, 0.05) is 61.5 Å². The van der Waals surface area contributed by atoms with Gasteiger partial charge in [0.2, 0.25) is 5.91 Å². The number of aliphatic hydroxyl groups is 2. The summed E-state index contributed by atoms with van der Waals surface area (Å²) in [6.45, 7) is 11.4. The van der Waals surface area contributed by atoms with Crippen molar-refractivity contribution in [3.8, 4) is 16.9 Å². The van der Waals surface area contributed by atoms with Crippen LogP contribution in [0.1, 0.15) is 81.0 Å². The zero-order chi connectivity index (χ0) is 42.2. The Bertz CT molecular complexity index is 1930. The quantitative estimate of drug-likeness (QED) is 0.142. The number of nitrogens with zero attached hydrogens (tertiary/aromatic N) is 3. The van der Waals surface area contributed by atoms with Crippen LogP contribution >= 0.6 is 0 Å². The van der Waals surface area contributed by atoms with E-state index in [4.69, 9.17) is 15.3 Å². The summed E-state index contributed by atoms with van der Waals surface area (Å²) in [5, 5.41) is 30.9. The molecule has 0 unspecified atom stereocenters. The Kier molecular flexibility index (Phi) is 13.1. The number of nitrogens with two attached hydrogens (primary N) is 1. The van der Waals surface area contributed by atoms with E-state index in [1.165, 1.54) is 6.42 Å². The van der Waals surface area contributed by atoms with Crippen LogP contribution in [-0.2, 0) is 16.2 Å². The molecule has 8 rings (SSSR count). The van der Waals surface area contributed by atoms with Crippen molar-refractivity contribution in [1.29, 1.82) is 0 Å². The van der Waals surface area contributed by atoms with Crippen molar-refractivity contribution in [2.24, 2.45) is 34.8 Å². The second kappa shape index (κ2) is 17.9. The topological polar surface area (TPSA) is 153 Å². The minimum absolute atomic E-state index is 0.0537. The highest BCUT2D eigenvalue weighted by Crippen LogP contribution is 2.61. The number of hydrogen-bond acceptors (Lipinski definition) is 10. The molecule has 2 amide bonds. The number of hydrogen-bond donors (Lipinski definition) is 5. The van der Waals surface area contributed by atoms with Crippen molar-refractivity contribution in [2.75, 3.05) is 52.3 Å². The molecular weight excluding hydrogens is 745 g/mol. The Balaban J connectivity index is 1.17. The Morgan fingerprint density at radius 2 is 1.76 bits per heavy atom. The van der Waals surface area contributed by atoms with Crippen LogP contribution in [0.5, 0.6) is 5.75 Å². The van der Waals surface area contributed by atoms with Gasteiger partial charge in [0.25, 0.3) is 5.91 Å².